The third-order valence-electron chi connectivity index (χ3n) is 6.75. The molecule has 208 valence electrons. The van der Waals surface area contributed by atoms with E-state index in [2.05, 4.69) is 19.8 Å². The first-order valence-corrected chi connectivity index (χ1v) is 15.0. The Morgan fingerprint density at radius 3 is 2.26 bits per heavy atom. The van der Waals surface area contributed by atoms with Crippen LogP contribution in [0.5, 0.6) is 5.75 Å². The van der Waals surface area contributed by atoms with Crippen molar-refractivity contribution < 1.29 is 17.9 Å². The molecule has 0 bridgehead atoms. The third-order valence-corrected chi connectivity index (χ3v) is 8.59. The lowest BCUT2D eigenvalue weighted by Gasteiger charge is -2.38. The van der Waals surface area contributed by atoms with Gasteiger partial charge < -0.3 is 19.9 Å². The summed E-state index contributed by atoms with van der Waals surface area (Å²) in [5, 5.41) is 2.82. The summed E-state index contributed by atoms with van der Waals surface area (Å²) in [5.41, 5.74) is 2.90. The highest BCUT2D eigenvalue weighted by molar-refractivity contribution is 7.89. The second kappa shape index (κ2) is 13.2. The van der Waals surface area contributed by atoms with Gasteiger partial charge >= 0.3 is 0 Å². The molecule has 3 aromatic rings. The number of para-hydroxylation sites is 2. The van der Waals surface area contributed by atoms with Crippen LogP contribution in [0.2, 0.25) is 0 Å². The molecule has 8 nitrogen and oxygen atoms in total. The Morgan fingerprint density at radius 1 is 0.949 bits per heavy atom. The summed E-state index contributed by atoms with van der Waals surface area (Å²) < 4.78 is 35.9. The Bertz CT molecular complexity index is 1360. The average molecular weight is 571 g/mol. The molecular formula is C29H35ClN4O4S. The number of rotatable bonds is 11. The average Bonchev–Trinajstić information content (AvgIpc) is 2.96. The van der Waals surface area contributed by atoms with Crippen molar-refractivity contribution in [2.24, 2.45) is 0 Å². The van der Waals surface area contributed by atoms with E-state index in [1.807, 2.05) is 61.5 Å². The number of nitrogens with one attached hydrogen (secondary N) is 2. The van der Waals surface area contributed by atoms with Crippen molar-refractivity contribution in [1.29, 1.82) is 0 Å². The van der Waals surface area contributed by atoms with Crippen LogP contribution in [0.3, 0.4) is 0 Å². The van der Waals surface area contributed by atoms with Crippen molar-refractivity contribution in [1.82, 2.24) is 4.72 Å². The minimum absolute atomic E-state index is 0.131. The van der Waals surface area contributed by atoms with Gasteiger partial charge in [0.25, 0.3) is 0 Å². The zero-order chi connectivity index (χ0) is 27.8. The van der Waals surface area contributed by atoms with Crippen LogP contribution in [-0.4, -0.2) is 53.5 Å². The molecule has 0 unspecified atom stereocenters. The Balaban J connectivity index is 1.60. The number of ether oxygens (including phenoxy) is 1. The predicted molar refractivity (Wildman–Crippen MR) is 158 cm³/mol. The molecular weight excluding hydrogens is 536 g/mol. The number of carbonyl (C=O) groups excluding carboxylic acids is 1. The summed E-state index contributed by atoms with van der Waals surface area (Å²) in [6.45, 7) is 4.46. The monoisotopic (exact) mass is 570 g/mol. The molecule has 1 fully saturated rings. The number of benzene rings is 3. The number of sulfonamides is 1. The molecule has 0 aromatic heterocycles. The molecule has 1 aliphatic heterocycles. The van der Waals surface area contributed by atoms with E-state index >= 15 is 0 Å². The van der Waals surface area contributed by atoms with Crippen molar-refractivity contribution in [2.45, 2.75) is 30.7 Å². The molecule has 0 saturated carbocycles. The molecule has 2 N–H and O–H groups in total. The topological polar surface area (TPSA) is 91.0 Å². The summed E-state index contributed by atoms with van der Waals surface area (Å²) in [6, 6.07) is 21.9. The number of amides is 1. The first kappa shape index (κ1) is 28.7. The Labute approximate surface area is 236 Å². The zero-order valence-electron chi connectivity index (χ0n) is 22.3. The molecule has 1 amide bonds. The number of halogens is 1. The van der Waals surface area contributed by atoms with Crippen LogP contribution in [-0.2, 0) is 14.8 Å². The van der Waals surface area contributed by atoms with Gasteiger partial charge in [-0.2, -0.15) is 0 Å². The summed E-state index contributed by atoms with van der Waals surface area (Å²) >= 11 is 5.72. The smallest absolute Gasteiger partial charge is 0.243 e. The molecule has 10 heteroatoms. The maximum absolute atomic E-state index is 13.8. The minimum atomic E-state index is -3.94. The fourth-order valence-corrected chi connectivity index (χ4v) is 6.32. The molecule has 1 atom stereocenters. The Kier molecular flexibility index (Phi) is 9.72. The highest BCUT2D eigenvalue weighted by atomic mass is 35.5. The summed E-state index contributed by atoms with van der Waals surface area (Å²) in [4.78, 5) is 16.8. The van der Waals surface area contributed by atoms with Gasteiger partial charge in [0.15, 0.2) is 0 Å². The van der Waals surface area contributed by atoms with E-state index in [0.29, 0.717) is 49.9 Å². The highest BCUT2D eigenvalue weighted by Gasteiger charge is 2.28. The number of hydrogen-bond acceptors (Lipinski definition) is 6. The van der Waals surface area contributed by atoms with Crippen molar-refractivity contribution in [2.75, 3.05) is 54.3 Å². The lowest BCUT2D eigenvalue weighted by atomic mass is 10.1. The maximum Gasteiger partial charge on any atom is 0.243 e. The lowest BCUT2D eigenvalue weighted by molar-refractivity contribution is -0.116. The number of carbonyl (C=O) groups is 1. The molecule has 0 spiro atoms. The van der Waals surface area contributed by atoms with E-state index in [1.165, 1.54) is 0 Å². The number of alkyl halides is 1. The quantitative estimate of drug-likeness (QED) is 0.315. The summed E-state index contributed by atoms with van der Waals surface area (Å²) in [5.74, 6) is 0.985. The number of methoxy groups -OCH3 is 1. The second-order valence-electron chi connectivity index (χ2n) is 9.42. The molecule has 3 aromatic carbocycles. The molecule has 4 rings (SSSR count). The van der Waals surface area contributed by atoms with E-state index in [1.54, 1.807) is 25.3 Å². The van der Waals surface area contributed by atoms with E-state index in [9.17, 15) is 13.2 Å². The van der Waals surface area contributed by atoms with Gasteiger partial charge in [0.1, 0.15) is 10.6 Å². The van der Waals surface area contributed by atoms with Gasteiger partial charge in [-0.25, -0.2) is 13.1 Å². The number of anilines is 3. The highest BCUT2D eigenvalue weighted by Crippen LogP contribution is 2.33. The molecule has 1 saturated heterocycles. The van der Waals surface area contributed by atoms with E-state index in [0.717, 1.165) is 17.0 Å². The van der Waals surface area contributed by atoms with Crippen molar-refractivity contribution in [3.05, 3.63) is 78.4 Å². The van der Waals surface area contributed by atoms with Gasteiger partial charge in [-0.1, -0.05) is 42.5 Å². The molecule has 0 radical (unpaired) electrons. The summed E-state index contributed by atoms with van der Waals surface area (Å²) in [7, 11) is -2.28. The Hall–Kier alpha value is -3.27. The fraction of sp³-hybridized carbons (Fsp3) is 0.345. The van der Waals surface area contributed by atoms with E-state index in [-0.39, 0.29) is 17.2 Å². The van der Waals surface area contributed by atoms with Crippen LogP contribution >= 0.6 is 11.6 Å². The van der Waals surface area contributed by atoms with Crippen molar-refractivity contribution in [3.63, 3.8) is 0 Å². The number of piperazine rings is 1. The SMILES string of the molecule is COc1ccccc1N1CCN(c2ccc(NC(=O)CCCCl)cc2S(=O)(=O)N[C@@H](C)c2ccccc2)CC1. The zero-order valence-corrected chi connectivity index (χ0v) is 23.8. The second-order valence-corrected chi connectivity index (χ2v) is 11.5. The van der Waals surface area contributed by atoms with Gasteiger partial charge in [0.05, 0.1) is 18.5 Å². The summed E-state index contributed by atoms with van der Waals surface area (Å²) in [6.07, 6.45) is 0.810. The van der Waals surface area contributed by atoms with E-state index < -0.39 is 16.1 Å². The largest absolute Gasteiger partial charge is 0.495 e. The van der Waals surface area contributed by atoms with Gasteiger partial charge in [-0.3, -0.25) is 4.79 Å². The normalized spacial score (nSPS) is 14.6. The van der Waals surface area contributed by atoms with Crippen LogP contribution in [0.4, 0.5) is 17.1 Å². The Morgan fingerprint density at radius 2 is 1.59 bits per heavy atom. The first-order chi connectivity index (χ1) is 18.8. The standard InChI is InChI=1S/C29H35ClN4O4S/c1-22(23-9-4-3-5-10-23)32-39(36,37)28-21-24(31-29(35)13-8-16-30)14-15-26(28)34-19-17-33(18-20-34)25-11-6-7-12-27(25)38-2/h3-7,9-12,14-15,21-22,32H,8,13,16-20H2,1-2H3,(H,31,35)/t22-/m0/s1. The third kappa shape index (κ3) is 7.23. The fourth-order valence-electron chi connectivity index (χ4n) is 4.70. The van der Waals surface area contributed by atoms with Gasteiger partial charge in [-0.15, -0.1) is 11.6 Å². The van der Waals surface area contributed by atoms with Gasteiger partial charge in [0, 0.05) is 50.2 Å². The minimum Gasteiger partial charge on any atom is -0.495 e. The van der Waals surface area contributed by atoms with Crippen LogP contribution in [0, 0.1) is 0 Å². The predicted octanol–water partition coefficient (Wildman–Crippen LogP) is 5.02. The molecule has 39 heavy (non-hydrogen) atoms. The van der Waals surface area contributed by atoms with Crippen LogP contribution < -0.4 is 24.6 Å². The van der Waals surface area contributed by atoms with Gasteiger partial charge in [0.2, 0.25) is 15.9 Å². The van der Waals surface area contributed by atoms with Gasteiger partial charge in [-0.05, 0) is 49.2 Å². The maximum atomic E-state index is 13.8. The van der Waals surface area contributed by atoms with Crippen LogP contribution in [0.15, 0.2) is 77.7 Å². The molecule has 0 aliphatic carbocycles. The van der Waals surface area contributed by atoms with Crippen molar-refractivity contribution in [3.8, 4) is 5.75 Å². The lowest BCUT2D eigenvalue weighted by Crippen LogP contribution is -2.47. The molecule has 1 heterocycles. The van der Waals surface area contributed by atoms with Crippen LogP contribution in [0.1, 0.15) is 31.4 Å². The van der Waals surface area contributed by atoms with Crippen molar-refractivity contribution >= 4 is 44.6 Å². The van der Waals surface area contributed by atoms with Crippen LogP contribution in [0.25, 0.3) is 0 Å². The number of hydrogen-bond donors (Lipinski definition) is 2. The van der Waals surface area contributed by atoms with E-state index in [4.69, 9.17) is 16.3 Å². The molecule has 1 aliphatic rings. The number of nitrogens with zero attached hydrogens (tertiary/aromatic N) is 2. The first-order valence-electron chi connectivity index (χ1n) is 13.0.